The van der Waals surface area contributed by atoms with Gasteiger partial charge in [-0.2, -0.15) is 0 Å². The van der Waals surface area contributed by atoms with Crippen LogP contribution >= 0.6 is 11.3 Å². The summed E-state index contributed by atoms with van der Waals surface area (Å²) in [7, 11) is -0.428. The Bertz CT molecular complexity index is 1480. The number of nitrogens with one attached hydrogen (secondary N) is 1. The van der Waals surface area contributed by atoms with Crippen LogP contribution in [0.4, 0.5) is 0 Å². The molecule has 1 aliphatic rings. The first kappa shape index (κ1) is 22.4. The van der Waals surface area contributed by atoms with Crippen LogP contribution in [0.15, 0.2) is 53.9 Å². The van der Waals surface area contributed by atoms with E-state index in [-0.39, 0.29) is 5.91 Å². The zero-order chi connectivity index (χ0) is 24.0. The molecular weight excluding hydrogens is 460 g/mol. The number of fused-ring (bicyclic) bond motifs is 4. The highest BCUT2D eigenvalue weighted by Crippen LogP contribution is 2.44. The number of para-hydroxylation sites is 1. The molecule has 2 atom stereocenters. The normalized spacial score (nSPS) is 17.8. The number of esters is 1. The number of rotatable bonds is 2. The standard InChI is InChI=1S/C27H26N2O3SSi/c1-32-27(31)22-15-19-17-9-5-7-11-21(17)28-25(19)26(29(22)24(30)13-14-34(2,3)4)20-16-33-23-12-8-6-10-18(20)23/h5-12,16,22,26,28H,15H2,1-4H3/t22-,26?/m1/s1. The lowest BCUT2D eigenvalue weighted by Crippen LogP contribution is -2.51. The summed E-state index contributed by atoms with van der Waals surface area (Å²) in [6.45, 7) is 6.29. The highest BCUT2D eigenvalue weighted by atomic mass is 32.1. The fraction of sp³-hybridized carbons (Fsp3) is 0.259. The largest absolute Gasteiger partial charge is 0.467 e. The Morgan fingerprint density at radius 2 is 1.79 bits per heavy atom. The van der Waals surface area contributed by atoms with Crippen LogP contribution in [0.25, 0.3) is 21.0 Å². The number of ether oxygens (including phenoxy) is 1. The van der Waals surface area contributed by atoms with Crippen molar-refractivity contribution < 1.29 is 14.3 Å². The van der Waals surface area contributed by atoms with E-state index < -0.39 is 26.1 Å². The molecule has 0 spiro atoms. The number of amides is 1. The average Bonchev–Trinajstić information content (AvgIpc) is 3.42. The van der Waals surface area contributed by atoms with Gasteiger partial charge in [-0.3, -0.25) is 4.79 Å². The Labute approximate surface area is 203 Å². The second kappa shape index (κ2) is 8.46. The number of aromatic amines is 1. The highest BCUT2D eigenvalue weighted by molar-refractivity contribution is 7.17. The second-order valence-electron chi connectivity index (χ2n) is 9.61. The predicted molar refractivity (Wildman–Crippen MR) is 139 cm³/mol. The lowest BCUT2D eigenvalue weighted by atomic mass is 9.87. The van der Waals surface area contributed by atoms with Gasteiger partial charge in [0.15, 0.2) is 0 Å². The van der Waals surface area contributed by atoms with E-state index in [1.165, 1.54) is 7.11 Å². The Morgan fingerprint density at radius 1 is 1.09 bits per heavy atom. The van der Waals surface area contributed by atoms with Crippen LogP contribution in [0.1, 0.15) is 22.9 Å². The molecule has 5 nitrogen and oxygen atoms in total. The van der Waals surface area contributed by atoms with Gasteiger partial charge < -0.3 is 14.6 Å². The number of hydrogen-bond donors (Lipinski definition) is 1. The van der Waals surface area contributed by atoms with E-state index in [1.54, 1.807) is 16.2 Å². The van der Waals surface area contributed by atoms with Crippen LogP contribution in [0.2, 0.25) is 19.6 Å². The third-order valence-corrected chi connectivity index (χ3v) is 8.05. The van der Waals surface area contributed by atoms with E-state index in [2.05, 4.69) is 59.7 Å². The number of benzene rings is 2. The van der Waals surface area contributed by atoms with Crippen LogP contribution < -0.4 is 0 Å². The molecule has 2 aromatic carbocycles. The molecule has 7 heteroatoms. The number of hydrogen-bond acceptors (Lipinski definition) is 4. The van der Waals surface area contributed by atoms with Gasteiger partial charge in [-0.15, -0.1) is 16.9 Å². The van der Waals surface area contributed by atoms with E-state index in [9.17, 15) is 9.59 Å². The molecule has 0 radical (unpaired) electrons. The molecule has 1 unspecified atom stereocenters. The lowest BCUT2D eigenvalue weighted by Gasteiger charge is -2.39. The molecule has 1 amide bonds. The SMILES string of the molecule is COC(=O)[C@H]1Cc2c([nH]c3ccccc23)C(c2csc3ccccc23)N1C(=O)C#C[Si](C)(C)C. The van der Waals surface area contributed by atoms with Crippen LogP contribution in [0, 0.1) is 11.5 Å². The molecule has 172 valence electrons. The van der Waals surface area contributed by atoms with Gasteiger partial charge in [0.05, 0.1) is 7.11 Å². The minimum atomic E-state index is -1.80. The maximum absolute atomic E-state index is 13.7. The average molecular weight is 487 g/mol. The van der Waals surface area contributed by atoms with Crippen LogP contribution in [-0.2, 0) is 20.7 Å². The third-order valence-electron chi connectivity index (χ3n) is 6.19. The van der Waals surface area contributed by atoms with Crippen molar-refractivity contribution >= 4 is 52.3 Å². The number of nitrogens with zero attached hydrogens (tertiary/aromatic N) is 1. The number of H-pyrrole nitrogens is 1. The summed E-state index contributed by atoms with van der Waals surface area (Å²) in [6.07, 6.45) is 0.380. The molecule has 2 aromatic heterocycles. The Morgan fingerprint density at radius 3 is 2.53 bits per heavy atom. The summed E-state index contributed by atoms with van der Waals surface area (Å²) in [5.41, 5.74) is 7.16. The quantitative estimate of drug-likeness (QED) is 0.238. The summed E-state index contributed by atoms with van der Waals surface area (Å²) in [5, 5.41) is 4.23. The van der Waals surface area contributed by atoms with Crippen LogP contribution in [-0.4, -0.2) is 43.0 Å². The topological polar surface area (TPSA) is 62.4 Å². The molecule has 0 fully saturated rings. The molecule has 1 N–H and O–H groups in total. The zero-order valence-electron chi connectivity index (χ0n) is 19.6. The fourth-order valence-electron chi connectivity index (χ4n) is 4.70. The van der Waals surface area contributed by atoms with Crippen LogP contribution in [0.3, 0.4) is 0 Å². The second-order valence-corrected chi connectivity index (χ2v) is 15.3. The maximum atomic E-state index is 13.7. The molecule has 0 bridgehead atoms. The van der Waals surface area contributed by atoms with Gasteiger partial charge in [-0.05, 0) is 39.9 Å². The molecule has 1 aliphatic heterocycles. The summed E-state index contributed by atoms with van der Waals surface area (Å²) in [4.78, 5) is 32.0. The van der Waals surface area contributed by atoms with Crippen molar-refractivity contribution in [3.8, 4) is 11.5 Å². The lowest BCUT2D eigenvalue weighted by molar-refractivity contribution is -0.153. The molecule has 0 saturated carbocycles. The summed E-state index contributed by atoms with van der Waals surface area (Å²) >= 11 is 1.64. The number of thiophene rings is 1. The van der Waals surface area contributed by atoms with E-state index in [1.807, 2.05) is 30.3 Å². The first-order chi connectivity index (χ1) is 16.3. The van der Waals surface area contributed by atoms with Gasteiger partial charge in [0.25, 0.3) is 5.91 Å². The number of carbonyl (C=O) groups is 2. The van der Waals surface area contributed by atoms with E-state index in [0.29, 0.717) is 6.42 Å². The summed E-state index contributed by atoms with van der Waals surface area (Å²) in [5.74, 6) is 2.11. The molecule has 4 aromatic rings. The van der Waals surface area contributed by atoms with Gasteiger partial charge >= 0.3 is 5.97 Å². The monoisotopic (exact) mass is 486 g/mol. The Balaban J connectivity index is 1.79. The maximum Gasteiger partial charge on any atom is 0.328 e. The van der Waals surface area contributed by atoms with Gasteiger partial charge in [-0.1, -0.05) is 56.0 Å². The van der Waals surface area contributed by atoms with Crippen molar-refractivity contribution in [3.05, 3.63) is 70.7 Å². The zero-order valence-corrected chi connectivity index (χ0v) is 21.5. The summed E-state index contributed by atoms with van der Waals surface area (Å²) < 4.78 is 6.33. The van der Waals surface area contributed by atoms with Crippen molar-refractivity contribution in [2.45, 2.75) is 38.1 Å². The minimum Gasteiger partial charge on any atom is -0.467 e. The van der Waals surface area contributed by atoms with Crippen molar-refractivity contribution in [2.75, 3.05) is 7.11 Å². The van der Waals surface area contributed by atoms with Gasteiger partial charge in [0, 0.05) is 27.7 Å². The molecule has 3 heterocycles. The molecule has 5 rings (SSSR count). The minimum absolute atomic E-state index is 0.345. The van der Waals surface area contributed by atoms with Gasteiger partial charge in [0.2, 0.25) is 0 Å². The first-order valence-electron chi connectivity index (χ1n) is 11.3. The molecular formula is C27H26N2O3SSi. The Hall–Kier alpha value is -3.34. The molecule has 0 saturated heterocycles. The van der Waals surface area contributed by atoms with Crippen molar-refractivity contribution in [1.82, 2.24) is 9.88 Å². The number of aromatic nitrogens is 1. The van der Waals surface area contributed by atoms with E-state index >= 15 is 0 Å². The number of carbonyl (C=O) groups excluding carboxylic acids is 2. The van der Waals surface area contributed by atoms with E-state index in [4.69, 9.17) is 4.74 Å². The molecule has 34 heavy (non-hydrogen) atoms. The predicted octanol–water partition coefficient (Wildman–Crippen LogP) is 5.28. The summed E-state index contributed by atoms with van der Waals surface area (Å²) in [6, 6.07) is 15.0. The van der Waals surface area contributed by atoms with Gasteiger partial charge in [-0.25, -0.2) is 4.79 Å². The first-order valence-corrected chi connectivity index (χ1v) is 15.7. The molecule has 0 aliphatic carbocycles. The third kappa shape index (κ3) is 3.83. The van der Waals surface area contributed by atoms with Crippen molar-refractivity contribution in [1.29, 1.82) is 0 Å². The number of methoxy groups -OCH3 is 1. The Kier molecular flexibility index (Phi) is 5.59. The van der Waals surface area contributed by atoms with Crippen molar-refractivity contribution in [2.24, 2.45) is 0 Å². The fourth-order valence-corrected chi connectivity index (χ4v) is 6.16. The van der Waals surface area contributed by atoms with Gasteiger partial charge in [0.1, 0.15) is 20.2 Å². The van der Waals surface area contributed by atoms with Crippen LogP contribution in [0.5, 0.6) is 0 Å². The van der Waals surface area contributed by atoms with Crippen molar-refractivity contribution in [3.63, 3.8) is 0 Å². The highest BCUT2D eigenvalue weighted by Gasteiger charge is 2.44. The smallest absolute Gasteiger partial charge is 0.328 e. The van der Waals surface area contributed by atoms with E-state index in [0.717, 1.165) is 37.8 Å².